The quantitative estimate of drug-likeness (QED) is 0.649. The largest absolute Gasteiger partial charge is 0.439 e. The van der Waals surface area contributed by atoms with Crippen LogP contribution in [0.1, 0.15) is 18.9 Å². The number of rotatable bonds is 5. The van der Waals surface area contributed by atoms with E-state index in [1.165, 1.54) is 6.33 Å². The molecule has 0 aliphatic heterocycles. The van der Waals surface area contributed by atoms with E-state index in [-0.39, 0.29) is 0 Å². The first kappa shape index (κ1) is 13.6. The molecule has 1 aromatic carbocycles. The van der Waals surface area contributed by atoms with E-state index in [0.29, 0.717) is 22.5 Å². The molecule has 0 radical (unpaired) electrons. The molecule has 3 N–H and O–H groups in total. The molecule has 0 unspecified atom stereocenters. The van der Waals surface area contributed by atoms with Crippen LogP contribution in [0.5, 0.6) is 11.6 Å². The first-order chi connectivity index (χ1) is 9.24. The van der Waals surface area contributed by atoms with E-state index in [4.69, 9.17) is 22.2 Å². The lowest BCUT2D eigenvalue weighted by Crippen LogP contribution is -2.12. The van der Waals surface area contributed by atoms with E-state index < -0.39 is 0 Å². The lowest BCUT2D eigenvalue weighted by Gasteiger charge is -2.12. The fourth-order valence-electron chi connectivity index (χ4n) is 1.70. The van der Waals surface area contributed by atoms with E-state index in [9.17, 15) is 0 Å². The molecule has 2 rings (SSSR count). The summed E-state index contributed by atoms with van der Waals surface area (Å²) in [5.41, 5.74) is 3.43. The number of nitrogen functional groups attached to an aromatic ring is 1. The standard InChI is InChI=1S/C13H15ClN4O/c1-2-3-11-12(18-15)16-8-17-13(11)19-10-6-4-9(14)5-7-10/h4-8H,2-3,15H2,1H3,(H,16,17,18). The summed E-state index contributed by atoms with van der Waals surface area (Å²) in [5.74, 6) is 7.21. The summed E-state index contributed by atoms with van der Waals surface area (Å²) in [4.78, 5) is 8.25. The molecule has 0 fully saturated rings. The number of hydrogen-bond acceptors (Lipinski definition) is 5. The monoisotopic (exact) mass is 278 g/mol. The molecule has 1 heterocycles. The highest BCUT2D eigenvalue weighted by atomic mass is 35.5. The molecule has 100 valence electrons. The number of ether oxygens (including phenoxy) is 1. The summed E-state index contributed by atoms with van der Waals surface area (Å²) in [6.45, 7) is 2.07. The van der Waals surface area contributed by atoms with Gasteiger partial charge in [0.05, 0.1) is 5.56 Å². The van der Waals surface area contributed by atoms with Crippen LogP contribution in [0, 0.1) is 0 Å². The van der Waals surface area contributed by atoms with Crippen molar-refractivity contribution in [3.8, 4) is 11.6 Å². The van der Waals surface area contributed by atoms with Crippen molar-refractivity contribution in [3.05, 3.63) is 41.2 Å². The lowest BCUT2D eigenvalue weighted by molar-refractivity contribution is 0.454. The third kappa shape index (κ3) is 3.33. The Hall–Kier alpha value is -1.85. The molecular formula is C13H15ClN4O. The fourth-order valence-corrected chi connectivity index (χ4v) is 1.82. The Labute approximate surface area is 116 Å². The SMILES string of the molecule is CCCc1c(NN)ncnc1Oc1ccc(Cl)cc1. The summed E-state index contributed by atoms with van der Waals surface area (Å²) < 4.78 is 5.75. The Balaban J connectivity index is 2.30. The van der Waals surface area contributed by atoms with Gasteiger partial charge in [0.25, 0.3) is 0 Å². The maximum atomic E-state index is 5.84. The summed E-state index contributed by atoms with van der Waals surface area (Å²) in [5, 5.41) is 0.660. The first-order valence-electron chi connectivity index (χ1n) is 5.98. The Morgan fingerprint density at radius 1 is 1.26 bits per heavy atom. The van der Waals surface area contributed by atoms with Crippen LogP contribution in [0.3, 0.4) is 0 Å². The second-order valence-electron chi connectivity index (χ2n) is 3.96. The number of hydrazine groups is 1. The predicted molar refractivity (Wildman–Crippen MR) is 75.4 cm³/mol. The van der Waals surface area contributed by atoms with E-state index in [1.54, 1.807) is 24.3 Å². The average molecular weight is 279 g/mol. The van der Waals surface area contributed by atoms with Crippen LogP contribution in [0.4, 0.5) is 5.82 Å². The van der Waals surface area contributed by atoms with Crippen molar-refractivity contribution < 1.29 is 4.74 Å². The van der Waals surface area contributed by atoms with Gasteiger partial charge < -0.3 is 10.2 Å². The van der Waals surface area contributed by atoms with Crippen LogP contribution in [-0.2, 0) is 6.42 Å². The summed E-state index contributed by atoms with van der Waals surface area (Å²) in [6, 6.07) is 7.10. The molecule has 0 aliphatic rings. The van der Waals surface area contributed by atoms with E-state index in [2.05, 4.69) is 22.3 Å². The fraction of sp³-hybridized carbons (Fsp3) is 0.231. The molecule has 0 spiro atoms. The third-order valence-electron chi connectivity index (χ3n) is 2.57. The first-order valence-corrected chi connectivity index (χ1v) is 6.36. The summed E-state index contributed by atoms with van der Waals surface area (Å²) in [7, 11) is 0. The maximum absolute atomic E-state index is 5.84. The summed E-state index contributed by atoms with van der Waals surface area (Å²) >= 11 is 5.84. The van der Waals surface area contributed by atoms with Crippen molar-refractivity contribution in [2.45, 2.75) is 19.8 Å². The predicted octanol–water partition coefficient (Wildman–Crippen LogP) is 3.16. The van der Waals surface area contributed by atoms with Crippen molar-refractivity contribution >= 4 is 17.4 Å². The second-order valence-corrected chi connectivity index (χ2v) is 4.39. The van der Waals surface area contributed by atoms with Gasteiger partial charge in [-0.1, -0.05) is 24.9 Å². The van der Waals surface area contributed by atoms with Gasteiger partial charge in [0, 0.05) is 5.02 Å². The zero-order valence-corrected chi connectivity index (χ0v) is 11.3. The molecule has 5 nitrogen and oxygen atoms in total. The van der Waals surface area contributed by atoms with Gasteiger partial charge in [-0.05, 0) is 30.7 Å². The number of aromatic nitrogens is 2. The average Bonchev–Trinajstić information content (AvgIpc) is 2.43. The highest BCUT2D eigenvalue weighted by Crippen LogP contribution is 2.28. The van der Waals surface area contributed by atoms with E-state index in [1.807, 2.05) is 0 Å². The molecular weight excluding hydrogens is 264 g/mol. The topological polar surface area (TPSA) is 73.1 Å². The Morgan fingerprint density at radius 3 is 2.63 bits per heavy atom. The van der Waals surface area contributed by atoms with Gasteiger partial charge in [-0.25, -0.2) is 15.8 Å². The molecule has 19 heavy (non-hydrogen) atoms. The lowest BCUT2D eigenvalue weighted by atomic mass is 10.2. The zero-order valence-electron chi connectivity index (χ0n) is 10.6. The number of anilines is 1. The van der Waals surface area contributed by atoms with Crippen molar-refractivity contribution in [2.24, 2.45) is 5.84 Å². The van der Waals surface area contributed by atoms with Crippen LogP contribution in [-0.4, -0.2) is 9.97 Å². The minimum Gasteiger partial charge on any atom is -0.439 e. The molecule has 0 aliphatic carbocycles. The van der Waals surface area contributed by atoms with Crippen molar-refractivity contribution in [2.75, 3.05) is 5.43 Å². The smallest absolute Gasteiger partial charge is 0.227 e. The molecule has 2 aromatic rings. The molecule has 0 amide bonds. The van der Waals surface area contributed by atoms with Gasteiger partial charge in [0.15, 0.2) is 0 Å². The third-order valence-corrected chi connectivity index (χ3v) is 2.82. The molecule has 0 bridgehead atoms. The number of halogens is 1. The number of benzene rings is 1. The van der Waals surface area contributed by atoms with E-state index >= 15 is 0 Å². The number of nitrogens with zero attached hydrogens (tertiary/aromatic N) is 2. The van der Waals surface area contributed by atoms with Crippen LogP contribution < -0.4 is 16.0 Å². The minimum absolute atomic E-state index is 0.507. The van der Waals surface area contributed by atoms with Crippen LogP contribution in [0.15, 0.2) is 30.6 Å². The number of nitrogens with two attached hydrogens (primary N) is 1. The molecule has 6 heteroatoms. The second kappa shape index (κ2) is 6.36. The van der Waals surface area contributed by atoms with Gasteiger partial charge in [-0.15, -0.1) is 0 Å². The number of nitrogens with one attached hydrogen (secondary N) is 1. The molecule has 0 saturated heterocycles. The van der Waals surface area contributed by atoms with Crippen molar-refractivity contribution in [3.63, 3.8) is 0 Å². The van der Waals surface area contributed by atoms with Crippen LogP contribution >= 0.6 is 11.6 Å². The Kier molecular flexibility index (Phi) is 4.54. The van der Waals surface area contributed by atoms with Gasteiger partial charge in [0.2, 0.25) is 5.88 Å². The molecule has 1 aromatic heterocycles. The Bertz CT molecular complexity index is 545. The zero-order chi connectivity index (χ0) is 13.7. The van der Waals surface area contributed by atoms with Crippen LogP contribution in [0.25, 0.3) is 0 Å². The van der Waals surface area contributed by atoms with Gasteiger partial charge >= 0.3 is 0 Å². The van der Waals surface area contributed by atoms with Gasteiger partial charge in [-0.3, -0.25) is 0 Å². The Morgan fingerprint density at radius 2 is 2.00 bits per heavy atom. The molecule has 0 atom stereocenters. The van der Waals surface area contributed by atoms with Crippen molar-refractivity contribution in [1.82, 2.24) is 9.97 Å². The minimum atomic E-state index is 0.507. The normalized spacial score (nSPS) is 10.3. The van der Waals surface area contributed by atoms with Crippen LogP contribution in [0.2, 0.25) is 5.02 Å². The van der Waals surface area contributed by atoms with E-state index in [0.717, 1.165) is 18.4 Å². The summed E-state index contributed by atoms with van der Waals surface area (Å²) in [6.07, 6.45) is 3.14. The number of hydrogen-bond donors (Lipinski definition) is 2. The molecule has 0 saturated carbocycles. The van der Waals surface area contributed by atoms with Gasteiger partial charge in [0.1, 0.15) is 17.9 Å². The van der Waals surface area contributed by atoms with Crippen molar-refractivity contribution in [1.29, 1.82) is 0 Å². The highest BCUT2D eigenvalue weighted by molar-refractivity contribution is 6.30. The maximum Gasteiger partial charge on any atom is 0.227 e. The van der Waals surface area contributed by atoms with Gasteiger partial charge in [-0.2, -0.15) is 0 Å². The highest BCUT2D eigenvalue weighted by Gasteiger charge is 2.12.